The highest BCUT2D eigenvalue weighted by Gasteiger charge is 2.21. The van der Waals surface area contributed by atoms with Crippen LogP contribution in [0.15, 0.2) is 54.6 Å². The minimum absolute atomic E-state index is 0.00370. The Kier molecular flexibility index (Phi) is 7.21. The molecule has 1 saturated heterocycles. The molecular formula is C22H24N4O5. The summed E-state index contributed by atoms with van der Waals surface area (Å²) in [4.78, 5) is 38.0. The maximum atomic E-state index is 12.1. The third-order valence-corrected chi connectivity index (χ3v) is 4.84. The standard InChI is InChI=1S/C22H24N4O5/c1-2-31-22(28)25-15-13-24(14-16-25)19-10-6-18(7-11-19)23-21(27)12-5-17-3-8-20(9-4-17)26(29)30/h3-12H,2,13-16H2,1H3,(H,23,27)/b12-5+. The van der Waals surface area contributed by atoms with Crippen LogP contribution >= 0.6 is 0 Å². The van der Waals surface area contributed by atoms with Gasteiger partial charge in [0.2, 0.25) is 5.91 Å². The number of rotatable bonds is 6. The SMILES string of the molecule is CCOC(=O)N1CCN(c2ccc(NC(=O)/C=C/c3ccc([N+](=O)[O-])cc3)cc2)CC1. The van der Waals surface area contributed by atoms with E-state index in [-0.39, 0.29) is 17.7 Å². The van der Waals surface area contributed by atoms with Crippen LogP contribution in [0.1, 0.15) is 12.5 Å². The Hall–Kier alpha value is -3.88. The molecule has 9 nitrogen and oxygen atoms in total. The van der Waals surface area contributed by atoms with E-state index in [9.17, 15) is 19.7 Å². The minimum atomic E-state index is -0.468. The summed E-state index contributed by atoms with van der Waals surface area (Å²) in [6.07, 6.45) is 2.70. The second-order valence-corrected chi connectivity index (χ2v) is 6.89. The van der Waals surface area contributed by atoms with E-state index in [0.717, 1.165) is 5.69 Å². The topological polar surface area (TPSA) is 105 Å². The molecule has 31 heavy (non-hydrogen) atoms. The van der Waals surface area contributed by atoms with E-state index in [1.165, 1.54) is 18.2 Å². The van der Waals surface area contributed by atoms with Gasteiger partial charge in [0.15, 0.2) is 0 Å². The van der Waals surface area contributed by atoms with Gasteiger partial charge in [-0.2, -0.15) is 0 Å². The molecule has 3 rings (SSSR count). The first kappa shape index (κ1) is 21.8. The number of ether oxygens (including phenoxy) is 1. The van der Waals surface area contributed by atoms with Crippen LogP contribution in [-0.4, -0.2) is 54.6 Å². The normalized spacial score (nSPS) is 13.8. The van der Waals surface area contributed by atoms with Crippen molar-refractivity contribution in [1.29, 1.82) is 0 Å². The maximum Gasteiger partial charge on any atom is 0.409 e. The van der Waals surface area contributed by atoms with Gasteiger partial charge >= 0.3 is 6.09 Å². The Bertz CT molecular complexity index is 949. The van der Waals surface area contributed by atoms with Crippen LogP contribution in [0.25, 0.3) is 6.08 Å². The second kappa shape index (κ2) is 10.2. The monoisotopic (exact) mass is 424 g/mol. The number of piperazine rings is 1. The number of non-ortho nitro benzene ring substituents is 1. The number of nitro benzene ring substituents is 1. The quantitative estimate of drug-likeness (QED) is 0.432. The fourth-order valence-corrected chi connectivity index (χ4v) is 3.18. The van der Waals surface area contributed by atoms with Crippen LogP contribution in [0.5, 0.6) is 0 Å². The number of carbonyl (C=O) groups is 2. The molecule has 1 heterocycles. The van der Waals surface area contributed by atoms with Crippen molar-refractivity contribution >= 4 is 35.1 Å². The lowest BCUT2D eigenvalue weighted by molar-refractivity contribution is -0.384. The fourth-order valence-electron chi connectivity index (χ4n) is 3.18. The third kappa shape index (κ3) is 6.05. The number of carbonyl (C=O) groups excluding carboxylic acids is 2. The van der Waals surface area contributed by atoms with E-state index in [1.54, 1.807) is 30.0 Å². The van der Waals surface area contributed by atoms with E-state index in [0.29, 0.717) is 44.0 Å². The molecule has 1 fully saturated rings. The van der Waals surface area contributed by atoms with Gasteiger partial charge in [0.05, 0.1) is 11.5 Å². The lowest BCUT2D eigenvalue weighted by Gasteiger charge is -2.35. The molecule has 0 atom stereocenters. The van der Waals surface area contributed by atoms with E-state index in [1.807, 2.05) is 24.3 Å². The molecule has 0 aromatic heterocycles. The first-order chi connectivity index (χ1) is 15.0. The molecule has 2 aromatic rings. The van der Waals surface area contributed by atoms with Crippen molar-refractivity contribution in [3.63, 3.8) is 0 Å². The van der Waals surface area contributed by atoms with Crippen molar-refractivity contribution in [3.05, 3.63) is 70.3 Å². The largest absolute Gasteiger partial charge is 0.450 e. The van der Waals surface area contributed by atoms with Gasteiger partial charge in [-0.05, 0) is 55.0 Å². The zero-order chi connectivity index (χ0) is 22.2. The summed E-state index contributed by atoms with van der Waals surface area (Å²) in [6, 6.07) is 13.4. The summed E-state index contributed by atoms with van der Waals surface area (Å²) in [7, 11) is 0. The van der Waals surface area contributed by atoms with Crippen LogP contribution in [-0.2, 0) is 9.53 Å². The average Bonchev–Trinajstić information content (AvgIpc) is 2.79. The fraction of sp³-hybridized carbons (Fsp3) is 0.273. The molecule has 1 N–H and O–H groups in total. The highest BCUT2D eigenvalue weighted by Crippen LogP contribution is 2.20. The number of benzene rings is 2. The molecule has 0 spiro atoms. The van der Waals surface area contributed by atoms with Gasteiger partial charge in [-0.25, -0.2) is 4.79 Å². The summed E-state index contributed by atoms with van der Waals surface area (Å²) in [5.41, 5.74) is 2.37. The number of hydrogen-bond acceptors (Lipinski definition) is 6. The molecule has 0 radical (unpaired) electrons. The summed E-state index contributed by atoms with van der Waals surface area (Å²) in [6.45, 7) is 4.79. The number of nitro groups is 1. The van der Waals surface area contributed by atoms with Crippen LogP contribution in [0.2, 0.25) is 0 Å². The Balaban J connectivity index is 1.50. The molecule has 0 unspecified atom stereocenters. The zero-order valence-corrected chi connectivity index (χ0v) is 17.2. The highest BCUT2D eigenvalue weighted by molar-refractivity contribution is 6.02. The van der Waals surface area contributed by atoms with Crippen molar-refractivity contribution in [3.8, 4) is 0 Å². The Morgan fingerprint density at radius 2 is 1.71 bits per heavy atom. The lowest BCUT2D eigenvalue weighted by Crippen LogP contribution is -2.49. The van der Waals surface area contributed by atoms with Crippen molar-refractivity contribution in [2.24, 2.45) is 0 Å². The predicted octanol–water partition coefficient (Wildman–Crippen LogP) is 3.53. The summed E-state index contributed by atoms with van der Waals surface area (Å²) < 4.78 is 5.03. The molecule has 0 bridgehead atoms. The summed E-state index contributed by atoms with van der Waals surface area (Å²) in [5.74, 6) is -0.297. The van der Waals surface area contributed by atoms with Gasteiger partial charge in [0.25, 0.3) is 5.69 Å². The average molecular weight is 424 g/mol. The predicted molar refractivity (Wildman–Crippen MR) is 118 cm³/mol. The summed E-state index contributed by atoms with van der Waals surface area (Å²) >= 11 is 0. The molecular weight excluding hydrogens is 400 g/mol. The molecule has 0 saturated carbocycles. The van der Waals surface area contributed by atoms with Crippen molar-refractivity contribution < 1.29 is 19.2 Å². The van der Waals surface area contributed by atoms with Gasteiger partial charge in [-0.3, -0.25) is 14.9 Å². The van der Waals surface area contributed by atoms with E-state index in [2.05, 4.69) is 10.2 Å². The van der Waals surface area contributed by atoms with E-state index < -0.39 is 4.92 Å². The van der Waals surface area contributed by atoms with Crippen LogP contribution in [0.4, 0.5) is 21.9 Å². The first-order valence-electron chi connectivity index (χ1n) is 9.96. The lowest BCUT2D eigenvalue weighted by atomic mass is 10.2. The number of amides is 2. The Morgan fingerprint density at radius 1 is 1.06 bits per heavy atom. The smallest absolute Gasteiger partial charge is 0.409 e. The summed E-state index contributed by atoms with van der Waals surface area (Å²) in [5, 5.41) is 13.5. The van der Waals surface area contributed by atoms with Crippen molar-refractivity contribution in [2.45, 2.75) is 6.92 Å². The molecule has 1 aliphatic rings. The molecule has 2 amide bonds. The number of hydrogen-bond donors (Lipinski definition) is 1. The zero-order valence-electron chi connectivity index (χ0n) is 17.2. The third-order valence-electron chi connectivity index (χ3n) is 4.84. The van der Waals surface area contributed by atoms with Gasteiger partial charge in [0, 0.05) is 55.8 Å². The van der Waals surface area contributed by atoms with Crippen molar-refractivity contribution in [2.75, 3.05) is 43.0 Å². The highest BCUT2D eigenvalue weighted by atomic mass is 16.6. The number of anilines is 2. The van der Waals surface area contributed by atoms with E-state index in [4.69, 9.17) is 4.74 Å². The molecule has 9 heteroatoms. The van der Waals surface area contributed by atoms with Gasteiger partial charge < -0.3 is 19.9 Å². The van der Waals surface area contributed by atoms with Gasteiger partial charge in [-0.1, -0.05) is 0 Å². The Labute approximate surface area is 180 Å². The van der Waals surface area contributed by atoms with Gasteiger partial charge in [-0.15, -0.1) is 0 Å². The number of nitrogens with zero attached hydrogens (tertiary/aromatic N) is 3. The first-order valence-corrected chi connectivity index (χ1v) is 9.96. The van der Waals surface area contributed by atoms with Crippen molar-refractivity contribution in [1.82, 2.24) is 4.90 Å². The van der Waals surface area contributed by atoms with Gasteiger partial charge in [0.1, 0.15) is 0 Å². The minimum Gasteiger partial charge on any atom is -0.450 e. The molecule has 162 valence electrons. The van der Waals surface area contributed by atoms with E-state index >= 15 is 0 Å². The number of nitrogens with one attached hydrogen (secondary N) is 1. The maximum absolute atomic E-state index is 12.1. The van der Waals surface area contributed by atoms with Crippen LogP contribution in [0.3, 0.4) is 0 Å². The second-order valence-electron chi connectivity index (χ2n) is 6.89. The molecule has 0 aliphatic carbocycles. The van der Waals surface area contributed by atoms with Crippen LogP contribution < -0.4 is 10.2 Å². The molecule has 2 aromatic carbocycles. The Morgan fingerprint density at radius 3 is 2.29 bits per heavy atom. The van der Waals surface area contributed by atoms with Crippen LogP contribution in [0, 0.1) is 10.1 Å². The molecule has 1 aliphatic heterocycles.